The molecule has 0 aliphatic carbocycles. The normalized spacial score (nSPS) is 24.6. The zero-order chi connectivity index (χ0) is 18.3. The number of hydrogen-bond donors (Lipinski definition) is 0. The number of hydrogen-bond acceptors (Lipinski definition) is 7. The molecular formula is C18H20N4O4. The number of carbonyl (C=O) groups excluding carboxylic acids is 2. The molecule has 1 amide bonds. The van der Waals surface area contributed by atoms with Gasteiger partial charge in [0.15, 0.2) is 5.76 Å². The summed E-state index contributed by atoms with van der Waals surface area (Å²) in [6, 6.07) is 3.51. The Hall–Kier alpha value is -2.90. The van der Waals surface area contributed by atoms with Gasteiger partial charge in [-0.3, -0.25) is 9.59 Å². The van der Waals surface area contributed by atoms with Crippen molar-refractivity contribution in [1.82, 2.24) is 14.9 Å². The summed E-state index contributed by atoms with van der Waals surface area (Å²) < 4.78 is 10.4. The highest BCUT2D eigenvalue weighted by molar-refractivity contribution is 5.94. The Balaban J connectivity index is 1.60. The lowest BCUT2D eigenvalue weighted by atomic mass is 9.81. The van der Waals surface area contributed by atoms with E-state index >= 15 is 0 Å². The summed E-state index contributed by atoms with van der Waals surface area (Å²) in [4.78, 5) is 37.7. The number of ether oxygens (including phenoxy) is 1. The van der Waals surface area contributed by atoms with Gasteiger partial charge >= 0.3 is 5.97 Å². The summed E-state index contributed by atoms with van der Waals surface area (Å²) >= 11 is 0. The van der Waals surface area contributed by atoms with Crippen molar-refractivity contribution in [3.63, 3.8) is 0 Å². The summed E-state index contributed by atoms with van der Waals surface area (Å²) in [6.45, 7) is 3.62. The number of amides is 1. The molecule has 2 fully saturated rings. The van der Waals surface area contributed by atoms with E-state index in [4.69, 9.17) is 9.15 Å². The molecule has 0 unspecified atom stereocenters. The first-order chi connectivity index (χ1) is 12.5. The van der Waals surface area contributed by atoms with Gasteiger partial charge in [-0.15, -0.1) is 0 Å². The highest BCUT2D eigenvalue weighted by atomic mass is 16.5. The van der Waals surface area contributed by atoms with E-state index in [1.54, 1.807) is 29.4 Å². The van der Waals surface area contributed by atoms with Crippen LogP contribution in [0.3, 0.4) is 0 Å². The highest BCUT2D eigenvalue weighted by Crippen LogP contribution is 2.44. The molecule has 2 atom stereocenters. The first-order valence-corrected chi connectivity index (χ1v) is 8.49. The molecular weight excluding hydrogens is 336 g/mol. The van der Waals surface area contributed by atoms with Gasteiger partial charge in [0.25, 0.3) is 5.91 Å². The topological polar surface area (TPSA) is 88.8 Å². The van der Waals surface area contributed by atoms with Gasteiger partial charge in [0.2, 0.25) is 5.95 Å². The second kappa shape index (κ2) is 6.12. The van der Waals surface area contributed by atoms with Crippen molar-refractivity contribution in [1.29, 1.82) is 0 Å². The number of likely N-dealkylation sites (tertiary alicyclic amines) is 1. The van der Waals surface area contributed by atoms with Crippen LogP contribution in [0.5, 0.6) is 0 Å². The van der Waals surface area contributed by atoms with Gasteiger partial charge in [-0.1, -0.05) is 0 Å². The van der Waals surface area contributed by atoms with Crippen molar-refractivity contribution in [2.75, 3.05) is 38.2 Å². The van der Waals surface area contributed by atoms with Crippen LogP contribution in [0, 0.1) is 18.3 Å². The van der Waals surface area contributed by atoms with E-state index in [1.807, 2.05) is 11.8 Å². The Morgan fingerprint density at radius 2 is 2.04 bits per heavy atom. The van der Waals surface area contributed by atoms with Gasteiger partial charge in [0.05, 0.1) is 13.4 Å². The van der Waals surface area contributed by atoms with Gasteiger partial charge in [-0.05, 0) is 19.1 Å². The predicted octanol–water partition coefficient (Wildman–Crippen LogP) is 1.13. The number of carbonyl (C=O) groups is 2. The molecule has 0 aromatic carbocycles. The summed E-state index contributed by atoms with van der Waals surface area (Å²) in [7, 11) is 1.39. The number of rotatable bonds is 3. The zero-order valence-corrected chi connectivity index (χ0v) is 14.7. The fourth-order valence-corrected chi connectivity index (χ4v) is 4.05. The molecule has 8 nitrogen and oxygen atoms in total. The molecule has 2 aliphatic heterocycles. The van der Waals surface area contributed by atoms with Crippen LogP contribution in [0.1, 0.15) is 16.1 Å². The molecule has 4 heterocycles. The predicted molar refractivity (Wildman–Crippen MR) is 91.5 cm³/mol. The molecule has 8 heteroatoms. The van der Waals surface area contributed by atoms with Crippen LogP contribution in [0.2, 0.25) is 0 Å². The Morgan fingerprint density at radius 3 is 2.69 bits per heavy atom. The van der Waals surface area contributed by atoms with E-state index in [-0.39, 0.29) is 17.8 Å². The number of aromatic nitrogens is 2. The maximum absolute atomic E-state index is 12.8. The lowest BCUT2D eigenvalue weighted by Crippen LogP contribution is -2.43. The monoisotopic (exact) mass is 356 g/mol. The number of nitrogens with zero attached hydrogens (tertiary/aromatic N) is 4. The van der Waals surface area contributed by atoms with Crippen molar-refractivity contribution < 1.29 is 18.7 Å². The van der Waals surface area contributed by atoms with Crippen molar-refractivity contribution >= 4 is 17.8 Å². The van der Waals surface area contributed by atoms with Gasteiger partial charge in [-0.25, -0.2) is 9.97 Å². The Morgan fingerprint density at radius 1 is 1.27 bits per heavy atom. The number of aryl methyl sites for hydroxylation is 1. The fourth-order valence-electron chi connectivity index (χ4n) is 4.05. The number of esters is 1. The Bertz CT molecular complexity index is 837. The molecule has 2 aliphatic rings. The third kappa shape index (κ3) is 2.44. The molecule has 0 N–H and O–H groups in total. The van der Waals surface area contributed by atoms with E-state index in [0.29, 0.717) is 37.9 Å². The minimum absolute atomic E-state index is 0.0435. The minimum Gasteiger partial charge on any atom is -0.468 e. The Kier molecular flexibility index (Phi) is 3.90. The van der Waals surface area contributed by atoms with Gasteiger partial charge in [-0.2, -0.15) is 0 Å². The van der Waals surface area contributed by atoms with Crippen molar-refractivity contribution in [3.05, 3.63) is 42.1 Å². The lowest BCUT2D eigenvalue weighted by Gasteiger charge is -2.26. The zero-order valence-electron chi connectivity index (χ0n) is 14.7. The van der Waals surface area contributed by atoms with Gasteiger partial charge in [0, 0.05) is 50.1 Å². The average molecular weight is 356 g/mol. The van der Waals surface area contributed by atoms with Gasteiger partial charge < -0.3 is 19.0 Å². The summed E-state index contributed by atoms with van der Waals surface area (Å²) in [5, 5.41) is 0. The first-order valence-electron chi connectivity index (χ1n) is 8.49. The first kappa shape index (κ1) is 16.6. The summed E-state index contributed by atoms with van der Waals surface area (Å²) in [5.41, 5.74) is 0.0166. The maximum Gasteiger partial charge on any atom is 0.315 e. The van der Waals surface area contributed by atoms with E-state index in [1.165, 1.54) is 13.4 Å². The van der Waals surface area contributed by atoms with E-state index < -0.39 is 5.41 Å². The molecule has 0 saturated carbocycles. The second-order valence-electron chi connectivity index (χ2n) is 6.89. The lowest BCUT2D eigenvalue weighted by molar-refractivity contribution is -0.152. The largest absolute Gasteiger partial charge is 0.468 e. The fraction of sp³-hybridized carbons (Fsp3) is 0.444. The number of anilines is 1. The summed E-state index contributed by atoms with van der Waals surface area (Å²) in [5.74, 6) is 0.385. The van der Waals surface area contributed by atoms with Crippen LogP contribution in [0.15, 0.2) is 35.2 Å². The molecule has 0 bridgehead atoms. The molecule has 0 radical (unpaired) electrons. The molecule has 2 aromatic heterocycles. The van der Waals surface area contributed by atoms with Crippen LogP contribution in [-0.2, 0) is 9.53 Å². The van der Waals surface area contributed by atoms with E-state index in [2.05, 4.69) is 9.97 Å². The minimum atomic E-state index is -0.774. The summed E-state index contributed by atoms with van der Waals surface area (Å²) in [6.07, 6.45) is 4.86. The van der Waals surface area contributed by atoms with E-state index in [9.17, 15) is 9.59 Å². The smallest absolute Gasteiger partial charge is 0.315 e. The average Bonchev–Trinajstić information content (AvgIpc) is 3.33. The Labute approximate surface area is 150 Å². The van der Waals surface area contributed by atoms with Crippen molar-refractivity contribution in [3.8, 4) is 0 Å². The molecule has 2 aromatic rings. The standard InChI is InChI=1S/C18H20N4O4/c1-12-4-7-26-14(12)15(23)21-8-13-9-22(17-19-5-3-6-20-17)11-18(13,10-21)16(24)25-2/h3-7,13H,8-11H2,1-2H3/t13-,18-/m0/s1. The maximum atomic E-state index is 12.8. The highest BCUT2D eigenvalue weighted by Gasteiger charge is 2.59. The van der Waals surface area contributed by atoms with Crippen molar-refractivity contribution in [2.24, 2.45) is 11.3 Å². The van der Waals surface area contributed by atoms with Crippen LogP contribution in [-0.4, -0.2) is 60.0 Å². The molecule has 136 valence electrons. The number of fused-ring (bicyclic) bond motifs is 1. The second-order valence-corrected chi connectivity index (χ2v) is 6.89. The van der Waals surface area contributed by atoms with Gasteiger partial charge in [0.1, 0.15) is 5.41 Å². The molecule has 4 rings (SSSR count). The molecule has 0 spiro atoms. The third-order valence-electron chi connectivity index (χ3n) is 5.38. The van der Waals surface area contributed by atoms with Crippen LogP contribution >= 0.6 is 0 Å². The molecule has 2 saturated heterocycles. The quantitative estimate of drug-likeness (QED) is 0.762. The van der Waals surface area contributed by atoms with E-state index in [0.717, 1.165) is 5.56 Å². The van der Waals surface area contributed by atoms with Crippen LogP contribution < -0.4 is 4.90 Å². The third-order valence-corrected chi connectivity index (χ3v) is 5.38. The number of furan rings is 1. The van der Waals surface area contributed by atoms with Crippen molar-refractivity contribution in [2.45, 2.75) is 6.92 Å². The molecule has 26 heavy (non-hydrogen) atoms. The van der Waals surface area contributed by atoms with Crippen LogP contribution in [0.4, 0.5) is 5.95 Å². The number of methoxy groups -OCH3 is 1. The SMILES string of the molecule is COC(=O)[C@]12CN(C(=O)c3occc3C)C[C@H]1CN(c1ncccn1)C2. The van der Waals surface area contributed by atoms with Crippen LogP contribution in [0.25, 0.3) is 0 Å².